The van der Waals surface area contributed by atoms with Crippen molar-refractivity contribution in [2.75, 3.05) is 11.5 Å². The summed E-state index contributed by atoms with van der Waals surface area (Å²) in [4.78, 5) is 0. The van der Waals surface area contributed by atoms with Gasteiger partial charge < -0.3 is 5.32 Å². The Labute approximate surface area is 112 Å². The molecule has 94 valence electrons. The summed E-state index contributed by atoms with van der Waals surface area (Å²) in [6, 6.07) is 11.1. The van der Waals surface area contributed by atoms with E-state index in [1.54, 1.807) is 0 Å². The highest BCUT2D eigenvalue weighted by atomic mass is 32.2. The van der Waals surface area contributed by atoms with Crippen LogP contribution >= 0.6 is 11.8 Å². The zero-order valence-electron chi connectivity index (χ0n) is 10.2. The van der Waals surface area contributed by atoms with Gasteiger partial charge in [-0.05, 0) is 29.9 Å². The van der Waals surface area contributed by atoms with Crippen molar-refractivity contribution in [3.05, 3.63) is 48.3 Å². The van der Waals surface area contributed by atoms with Crippen molar-refractivity contribution >= 4 is 11.8 Å². The molecular weight excluding hydrogens is 242 g/mol. The van der Waals surface area contributed by atoms with Crippen LogP contribution in [0.1, 0.15) is 12.0 Å². The SMILES string of the molecule is c1ccc(-n2cccn2)c(CNC2CCSC2)c1. The van der Waals surface area contributed by atoms with Crippen LogP contribution in [0.4, 0.5) is 0 Å². The van der Waals surface area contributed by atoms with Crippen LogP contribution in [0, 0.1) is 0 Å². The average molecular weight is 259 g/mol. The number of thioether (sulfide) groups is 1. The van der Waals surface area contributed by atoms with Gasteiger partial charge in [-0.1, -0.05) is 18.2 Å². The molecule has 1 saturated heterocycles. The van der Waals surface area contributed by atoms with E-state index in [2.05, 4.69) is 34.7 Å². The van der Waals surface area contributed by atoms with E-state index in [0.29, 0.717) is 6.04 Å². The first-order chi connectivity index (χ1) is 8.93. The Morgan fingerprint density at radius 1 is 1.33 bits per heavy atom. The Kier molecular flexibility index (Phi) is 3.67. The Hall–Kier alpha value is -1.26. The molecule has 1 aliphatic heterocycles. The quantitative estimate of drug-likeness (QED) is 0.915. The number of rotatable bonds is 4. The molecule has 1 atom stereocenters. The lowest BCUT2D eigenvalue weighted by molar-refractivity contribution is 0.556. The molecule has 1 unspecified atom stereocenters. The van der Waals surface area contributed by atoms with Gasteiger partial charge in [-0.2, -0.15) is 16.9 Å². The molecule has 18 heavy (non-hydrogen) atoms. The first kappa shape index (κ1) is 11.8. The van der Waals surface area contributed by atoms with Crippen molar-refractivity contribution in [3.8, 4) is 5.69 Å². The summed E-state index contributed by atoms with van der Waals surface area (Å²) >= 11 is 2.04. The van der Waals surface area contributed by atoms with Gasteiger partial charge in [0.25, 0.3) is 0 Å². The van der Waals surface area contributed by atoms with Gasteiger partial charge in [0.15, 0.2) is 0 Å². The largest absolute Gasteiger partial charge is 0.309 e. The van der Waals surface area contributed by atoms with Crippen LogP contribution in [0.2, 0.25) is 0 Å². The Morgan fingerprint density at radius 2 is 2.28 bits per heavy atom. The Bertz CT molecular complexity index is 490. The lowest BCUT2D eigenvalue weighted by Crippen LogP contribution is -2.28. The number of nitrogens with one attached hydrogen (secondary N) is 1. The predicted molar refractivity (Wildman–Crippen MR) is 76.1 cm³/mol. The third kappa shape index (κ3) is 2.60. The first-order valence-corrected chi connectivity index (χ1v) is 7.48. The van der Waals surface area contributed by atoms with Gasteiger partial charge in [-0.3, -0.25) is 0 Å². The number of para-hydroxylation sites is 1. The van der Waals surface area contributed by atoms with Crippen molar-refractivity contribution in [2.45, 2.75) is 19.0 Å². The van der Waals surface area contributed by atoms with E-state index in [0.717, 1.165) is 6.54 Å². The standard InChI is InChI=1S/C14H17N3S/c1-2-5-14(17-8-3-7-16-17)12(4-1)10-15-13-6-9-18-11-13/h1-5,7-8,13,15H,6,9-11H2. The van der Waals surface area contributed by atoms with E-state index in [9.17, 15) is 0 Å². The topological polar surface area (TPSA) is 29.9 Å². The van der Waals surface area contributed by atoms with Crippen molar-refractivity contribution in [2.24, 2.45) is 0 Å². The summed E-state index contributed by atoms with van der Waals surface area (Å²) in [7, 11) is 0. The van der Waals surface area contributed by atoms with Gasteiger partial charge >= 0.3 is 0 Å². The molecule has 0 spiro atoms. The molecule has 4 heteroatoms. The third-order valence-corrected chi connectivity index (χ3v) is 4.42. The van der Waals surface area contributed by atoms with E-state index >= 15 is 0 Å². The van der Waals surface area contributed by atoms with Crippen LogP contribution in [0.3, 0.4) is 0 Å². The summed E-state index contributed by atoms with van der Waals surface area (Å²) in [6.45, 7) is 0.918. The molecule has 1 aromatic heterocycles. The van der Waals surface area contributed by atoms with E-state index < -0.39 is 0 Å². The number of hydrogen-bond donors (Lipinski definition) is 1. The Morgan fingerprint density at radius 3 is 3.06 bits per heavy atom. The van der Waals surface area contributed by atoms with E-state index in [1.165, 1.54) is 29.2 Å². The molecular formula is C14H17N3S. The van der Waals surface area contributed by atoms with E-state index in [-0.39, 0.29) is 0 Å². The smallest absolute Gasteiger partial charge is 0.0690 e. The van der Waals surface area contributed by atoms with Gasteiger partial charge in [0.2, 0.25) is 0 Å². The summed E-state index contributed by atoms with van der Waals surface area (Å²) in [5.41, 5.74) is 2.47. The van der Waals surface area contributed by atoms with Gasteiger partial charge in [0.05, 0.1) is 5.69 Å². The zero-order chi connectivity index (χ0) is 12.2. The molecule has 3 rings (SSSR count). The van der Waals surface area contributed by atoms with Crippen LogP contribution in [-0.4, -0.2) is 27.3 Å². The maximum absolute atomic E-state index is 4.31. The van der Waals surface area contributed by atoms with Crippen LogP contribution in [0.25, 0.3) is 5.69 Å². The summed E-state index contributed by atoms with van der Waals surface area (Å²) < 4.78 is 1.93. The molecule has 0 radical (unpaired) electrons. The highest BCUT2D eigenvalue weighted by Gasteiger charge is 2.15. The van der Waals surface area contributed by atoms with Gasteiger partial charge in [0.1, 0.15) is 0 Å². The van der Waals surface area contributed by atoms with Crippen molar-refractivity contribution in [1.82, 2.24) is 15.1 Å². The zero-order valence-corrected chi connectivity index (χ0v) is 11.1. The summed E-state index contributed by atoms with van der Waals surface area (Å²) in [6.07, 6.45) is 5.09. The van der Waals surface area contributed by atoms with Gasteiger partial charge in [-0.15, -0.1) is 0 Å². The Balaban J connectivity index is 1.75. The average Bonchev–Trinajstić information content (AvgIpc) is 3.10. The summed E-state index contributed by atoms with van der Waals surface area (Å²) in [5.74, 6) is 2.53. The van der Waals surface area contributed by atoms with Crippen LogP contribution < -0.4 is 5.32 Å². The predicted octanol–water partition coefficient (Wildman–Crippen LogP) is 2.47. The molecule has 1 aliphatic rings. The number of benzene rings is 1. The third-order valence-electron chi connectivity index (χ3n) is 3.25. The highest BCUT2D eigenvalue weighted by molar-refractivity contribution is 7.99. The second kappa shape index (κ2) is 5.59. The van der Waals surface area contributed by atoms with Crippen LogP contribution in [0.15, 0.2) is 42.7 Å². The lowest BCUT2D eigenvalue weighted by Gasteiger charge is -2.14. The minimum absolute atomic E-state index is 0.667. The normalized spacial score (nSPS) is 19.2. The molecule has 1 N–H and O–H groups in total. The molecule has 0 aliphatic carbocycles. The number of nitrogens with zero attached hydrogens (tertiary/aromatic N) is 2. The molecule has 1 fully saturated rings. The minimum atomic E-state index is 0.667. The second-order valence-corrected chi connectivity index (χ2v) is 5.67. The lowest BCUT2D eigenvalue weighted by atomic mass is 10.1. The molecule has 3 nitrogen and oxygen atoms in total. The number of hydrogen-bond acceptors (Lipinski definition) is 3. The second-order valence-electron chi connectivity index (χ2n) is 4.52. The van der Waals surface area contributed by atoms with Crippen LogP contribution in [-0.2, 0) is 6.54 Å². The molecule has 1 aromatic carbocycles. The van der Waals surface area contributed by atoms with Gasteiger partial charge in [-0.25, -0.2) is 4.68 Å². The van der Waals surface area contributed by atoms with Crippen molar-refractivity contribution < 1.29 is 0 Å². The molecule has 0 saturated carbocycles. The summed E-state index contributed by atoms with van der Waals surface area (Å²) in [5, 5.41) is 7.95. The van der Waals surface area contributed by atoms with Crippen molar-refractivity contribution in [3.63, 3.8) is 0 Å². The fourth-order valence-electron chi connectivity index (χ4n) is 2.24. The van der Waals surface area contributed by atoms with E-state index in [4.69, 9.17) is 0 Å². The minimum Gasteiger partial charge on any atom is -0.309 e. The van der Waals surface area contributed by atoms with Gasteiger partial charge in [0, 0.05) is 30.7 Å². The first-order valence-electron chi connectivity index (χ1n) is 6.32. The molecule has 2 aromatic rings. The monoisotopic (exact) mass is 259 g/mol. The van der Waals surface area contributed by atoms with E-state index in [1.807, 2.05) is 34.9 Å². The molecule has 0 bridgehead atoms. The fourth-order valence-corrected chi connectivity index (χ4v) is 3.43. The fraction of sp³-hybridized carbons (Fsp3) is 0.357. The molecule has 0 amide bonds. The number of aromatic nitrogens is 2. The van der Waals surface area contributed by atoms with Crippen molar-refractivity contribution in [1.29, 1.82) is 0 Å². The maximum atomic E-state index is 4.31. The maximum Gasteiger partial charge on any atom is 0.0690 e. The molecule has 2 heterocycles. The highest BCUT2D eigenvalue weighted by Crippen LogP contribution is 2.19. The van der Waals surface area contributed by atoms with Crippen LogP contribution in [0.5, 0.6) is 0 Å².